The molecule has 104 valence electrons. The van der Waals surface area contributed by atoms with Gasteiger partial charge in [0, 0.05) is 0 Å². The molecule has 18 heavy (non-hydrogen) atoms. The van der Waals surface area contributed by atoms with Gasteiger partial charge in [-0.1, -0.05) is 6.07 Å². The molecule has 0 saturated carbocycles. The molecule has 0 aliphatic rings. The van der Waals surface area contributed by atoms with E-state index in [-0.39, 0.29) is 18.5 Å². The Morgan fingerprint density at radius 1 is 0.944 bits per heavy atom. The van der Waals surface area contributed by atoms with Crippen molar-refractivity contribution in [2.75, 3.05) is 0 Å². The summed E-state index contributed by atoms with van der Waals surface area (Å²) >= 11 is 0. The van der Waals surface area contributed by atoms with Crippen molar-refractivity contribution in [3.05, 3.63) is 35.4 Å². The second-order valence-electron chi connectivity index (χ2n) is 3.27. The topological polar surface area (TPSA) is 26.0 Å². The van der Waals surface area contributed by atoms with Crippen LogP contribution < -0.4 is 5.73 Å². The van der Waals surface area contributed by atoms with Gasteiger partial charge in [0.25, 0.3) is 0 Å². The van der Waals surface area contributed by atoms with Gasteiger partial charge in [-0.25, -0.2) is 8.78 Å². The molecule has 0 spiro atoms. The molecule has 0 amide bonds. The highest BCUT2D eigenvalue weighted by Gasteiger charge is 2.61. The maximum atomic E-state index is 12.8. The first kappa shape index (κ1) is 17.0. The molecule has 2 N–H and O–H groups in total. The van der Waals surface area contributed by atoms with E-state index in [4.69, 9.17) is 5.73 Å². The molecular formula is C9H7ClF7N. The van der Waals surface area contributed by atoms with E-state index in [1.165, 1.54) is 0 Å². The largest absolute Gasteiger partial charge is 0.455 e. The minimum absolute atomic E-state index is 0. The number of benzene rings is 1. The zero-order valence-electron chi connectivity index (χ0n) is 8.44. The van der Waals surface area contributed by atoms with Gasteiger partial charge >= 0.3 is 12.1 Å². The Bertz CT molecular complexity index is 418. The lowest BCUT2D eigenvalue weighted by Gasteiger charge is -2.25. The van der Waals surface area contributed by atoms with Crippen molar-refractivity contribution in [3.8, 4) is 0 Å². The Kier molecular flexibility index (Phi) is 5.01. The van der Waals surface area contributed by atoms with E-state index >= 15 is 0 Å². The average Bonchev–Trinajstić information content (AvgIpc) is 2.19. The molecule has 0 saturated heterocycles. The molecule has 1 nitrogen and oxygen atoms in total. The molecule has 1 aromatic carbocycles. The highest BCUT2D eigenvalue weighted by molar-refractivity contribution is 5.85. The van der Waals surface area contributed by atoms with E-state index in [0.717, 1.165) is 0 Å². The zero-order valence-corrected chi connectivity index (χ0v) is 9.26. The molecule has 0 fully saturated rings. The summed E-state index contributed by atoms with van der Waals surface area (Å²) in [5.74, 6) is -8.13. The van der Waals surface area contributed by atoms with Crippen LogP contribution >= 0.6 is 12.4 Å². The Morgan fingerprint density at radius 2 is 1.44 bits per heavy atom. The smallest absolute Gasteiger partial charge is 0.319 e. The van der Waals surface area contributed by atoms with Crippen molar-refractivity contribution < 1.29 is 30.7 Å². The molecule has 9 heteroatoms. The minimum atomic E-state index is -5.86. The second kappa shape index (κ2) is 5.31. The number of halogens is 8. The summed E-state index contributed by atoms with van der Waals surface area (Å²) in [7, 11) is 0. The molecule has 0 heterocycles. The Labute approximate surface area is 103 Å². The predicted octanol–water partition coefficient (Wildman–Crippen LogP) is 3.58. The Hall–Kier alpha value is -1.02. The lowest BCUT2D eigenvalue weighted by molar-refractivity contribution is -0.291. The fourth-order valence-electron chi connectivity index (χ4n) is 1.09. The maximum Gasteiger partial charge on any atom is 0.455 e. The van der Waals surface area contributed by atoms with E-state index in [1.807, 2.05) is 0 Å². The van der Waals surface area contributed by atoms with Gasteiger partial charge in [0.15, 0.2) is 11.6 Å². The number of hydrogen-bond donors (Lipinski definition) is 1. The molecule has 0 radical (unpaired) electrons. The first-order valence-electron chi connectivity index (χ1n) is 4.22. The Balaban J connectivity index is 0.00000289. The van der Waals surface area contributed by atoms with Crippen molar-refractivity contribution in [1.82, 2.24) is 0 Å². The van der Waals surface area contributed by atoms with Crippen LogP contribution in [0.5, 0.6) is 0 Å². The van der Waals surface area contributed by atoms with E-state index < -0.39 is 35.3 Å². The van der Waals surface area contributed by atoms with Gasteiger partial charge in [-0.2, -0.15) is 22.0 Å². The molecular weight excluding hydrogens is 291 g/mol. The minimum Gasteiger partial charge on any atom is -0.319 e. The molecule has 0 bridgehead atoms. The summed E-state index contributed by atoms with van der Waals surface area (Å²) < 4.78 is 86.5. The Morgan fingerprint density at radius 3 is 1.83 bits per heavy atom. The summed E-state index contributed by atoms with van der Waals surface area (Å²) in [5.41, 5.74) is 3.88. The first-order valence-corrected chi connectivity index (χ1v) is 4.22. The molecule has 0 aromatic heterocycles. The first-order chi connectivity index (χ1) is 7.57. The predicted molar refractivity (Wildman–Crippen MR) is 51.5 cm³/mol. The third-order valence-corrected chi connectivity index (χ3v) is 2.07. The maximum absolute atomic E-state index is 12.8. The number of hydrogen-bond acceptors (Lipinski definition) is 1. The van der Waals surface area contributed by atoms with Crippen LogP contribution in [0.2, 0.25) is 0 Å². The monoisotopic (exact) mass is 297 g/mol. The van der Waals surface area contributed by atoms with Crippen molar-refractivity contribution >= 4 is 12.4 Å². The van der Waals surface area contributed by atoms with Gasteiger partial charge in [-0.05, 0) is 17.7 Å². The van der Waals surface area contributed by atoms with Gasteiger partial charge < -0.3 is 5.73 Å². The SMILES string of the molecule is Cl.N[C@@H](c1ccc(F)c(F)c1)C(F)(F)C(F)(F)F. The quantitative estimate of drug-likeness (QED) is 0.830. The normalized spacial score (nSPS) is 14.0. The van der Waals surface area contributed by atoms with Gasteiger partial charge in [0.1, 0.15) is 6.04 Å². The summed E-state index contributed by atoms with van der Waals surface area (Å²) in [6, 6.07) is -1.59. The third-order valence-electron chi connectivity index (χ3n) is 2.07. The van der Waals surface area contributed by atoms with Crippen LogP contribution in [-0.2, 0) is 0 Å². The molecule has 1 rings (SSSR count). The van der Waals surface area contributed by atoms with Crippen LogP contribution in [0.25, 0.3) is 0 Å². The van der Waals surface area contributed by atoms with Gasteiger partial charge in [-0.3, -0.25) is 0 Å². The van der Waals surface area contributed by atoms with Crippen molar-refractivity contribution in [2.45, 2.75) is 18.1 Å². The van der Waals surface area contributed by atoms with Gasteiger partial charge in [-0.15, -0.1) is 12.4 Å². The average molecular weight is 298 g/mol. The fourth-order valence-corrected chi connectivity index (χ4v) is 1.09. The number of rotatable bonds is 2. The van der Waals surface area contributed by atoms with Crippen LogP contribution in [0.3, 0.4) is 0 Å². The summed E-state index contributed by atoms with van der Waals surface area (Å²) in [4.78, 5) is 0. The number of alkyl halides is 5. The van der Waals surface area contributed by atoms with E-state index in [0.29, 0.717) is 12.1 Å². The van der Waals surface area contributed by atoms with E-state index in [1.54, 1.807) is 0 Å². The summed E-state index contributed by atoms with van der Waals surface area (Å²) in [6.07, 6.45) is -5.86. The van der Waals surface area contributed by atoms with Crippen molar-refractivity contribution in [1.29, 1.82) is 0 Å². The van der Waals surface area contributed by atoms with Crippen LogP contribution in [-0.4, -0.2) is 12.1 Å². The molecule has 0 unspecified atom stereocenters. The van der Waals surface area contributed by atoms with Crippen LogP contribution in [0.4, 0.5) is 30.7 Å². The summed E-state index contributed by atoms with van der Waals surface area (Å²) in [5, 5.41) is 0. The van der Waals surface area contributed by atoms with E-state index in [2.05, 4.69) is 0 Å². The van der Waals surface area contributed by atoms with Crippen LogP contribution in [0.1, 0.15) is 11.6 Å². The summed E-state index contributed by atoms with van der Waals surface area (Å²) in [6.45, 7) is 0. The fraction of sp³-hybridized carbons (Fsp3) is 0.333. The molecule has 1 aromatic rings. The molecule has 0 aliphatic heterocycles. The number of nitrogens with two attached hydrogens (primary N) is 1. The highest BCUT2D eigenvalue weighted by atomic mass is 35.5. The van der Waals surface area contributed by atoms with Crippen LogP contribution in [0, 0.1) is 11.6 Å². The van der Waals surface area contributed by atoms with E-state index in [9.17, 15) is 30.7 Å². The lowest BCUT2D eigenvalue weighted by Crippen LogP contribution is -2.45. The third kappa shape index (κ3) is 3.05. The zero-order chi connectivity index (χ0) is 13.4. The van der Waals surface area contributed by atoms with Crippen molar-refractivity contribution in [3.63, 3.8) is 0 Å². The van der Waals surface area contributed by atoms with Gasteiger partial charge in [0.2, 0.25) is 0 Å². The molecule has 1 atom stereocenters. The second-order valence-corrected chi connectivity index (χ2v) is 3.27. The van der Waals surface area contributed by atoms with Crippen LogP contribution in [0.15, 0.2) is 18.2 Å². The highest BCUT2D eigenvalue weighted by Crippen LogP contribution is 2.43. The lowest BCUT2D eigenvalue weighted by atomic mass is 10.0. The van der Waals surface area contributed by atoms with Gasteiger partial charge in [0.05, 0.1) is 0 Å². The standard InChI is InChI=1S/C9H6F7N.ClH/c10-5-2-1-4(3-6(5)11)7(17)8(12,13)9(14,15)16;/h1-3,7H,17H2;1H/t7-;/m0./s1. The molecule has 0 aliphatic carbocycles. The van der Waals surface area contributed by atoms with Crippen molar-refractivity contribution in [2.24, 2.45) is 5.73 Å².